The summed E-state index contributed by atoms with van der Waals surface area (Å²) in [5.74, 6) is 3.57. The molecule has 0 radical (unpaired) electrons. The number of halogens is 2. The zero-order chi connectivity index (χ0) is 19.6. The smallest absolute Gasteiger partial charge is 0.123 e. The Morgan fingerprint density at radius 1 is 0.714 bits per heavy atom. The maximum Gasteiger partial charge on any atom is 0.123 e. The first kappa shape index (κ1) is 21.5. The van der Waals surface area contributed by atoms with E-state index >= 15 is 0 Å². The Bertz CT molecular complexity index is 561. The zero-order valence-electron chi connectivity index (χ0n) is 17.4. The average molecular weight is 389 g/mol. The molecule has 2 fully saturated rings. The van der Waals surface area contributed by atoms with Crippen LogP contribution in [0.15, 0.2) is 36.4 Å². The summed E-state index contributed by atoms with van der Waals surface area (Å²) in [6.45, 7) is -0.226. The first-order valence-corrected chi connectivity index (χ1v) is 11.7. The average Bonchev–Trinajstić information content (AvgIpc) is 2.74. The second-order valence-electron chi connectivity index (χ2n) is 9.25. The number of allylic oxidation sites excluding steroid dienone is 2. The lowest BCUT2D eigenvalue weighted by Crippen LogP contribution is -2.26. The van der Waals surface area contributed by atoms with Crippen LogP contribution in [0.4, 0.5) is 8.78 Å². The summed E-state index contributed by atoms with van der Waals surface area (Å²) < 4.78 is 25.1. The molecule has 2 saturated carbocycles. The van der Waals surface area contributed by atoms with E-state index in [1.165, 1.54) is 69.8 Å². The summed E-state index contributed by atoms with van der Waals surface area (Å²) in [5, 5.41) is 0. The molecule has 0 unspecified atom stereocenters. The van der Waals surface area contributed by atoms with Gasteiger partial charge in [0, 0.05) is 0 Å². The first-order chi connectivity index (χ1) is 13.7. The summed E-state index contributed by atoms with van der Waals surface area (Å²) in [6.07, 6.45) is 20.9. The van der Waals surface area contributed by atoms with E-state index in [-0.39, 0.29) is 12.5 Å². The van der Waals surface area contributed by atoms with Crippen LogP contribution in [0.3, 0.4) is 0 Å². The van der Waals surface area contributed by atoms with Gasteiger partial charge in [-0.15, -0.1) is 0 Å². The largest absolute Gasteiger partial charge is 0.251 e. The highest BCUT2D eigenvalue weighted by atomic mass is 19.1. The van der Waals surface area contributed by atoms with Gasteiger partial charge in [-0.05, 0) is 99.2 Å². The Balaban J connectivity index is 1.29. The highest BCUT2D eigenvalue weighted by Gasteiger charge is 2.30. The monoisotopic (exact) mass is 388 g/mol. The summed E-state index contributed by atoms with van der Waals surface area (Å²) in [4.78, 5) is 0. The second-order valence-corrected chi connectivity index (χ2v) is 9.25. The Morgan fingerprint density at radius 2 is 1.25 bits per heavy atom. The Kier molecular flexibility index (Phi) is 9.02. The summed E-state index contributed by atoms with van der Waals surface area (Å²) in [6, 6.07) is 7.05. The molecule has 0 atom stereocenters. The molecule has 3 rings (SSSR count). The molecule has 0 aliphatic heterocycles. The molecule has 2 heteroatoms. The van der Waals surface area contributed by atoms with Crippen molar-refractivity contribution in [3.8, 4) is 0 Å². The molecule has 0 saturated heterocycles. The van der Waals surface area contributed by atoms with Gasteiger partial charge in [-0.1, -0.05) is 50.0 Å². The van der Waals surface area contributed by atoms with E-state index in [0.29, 0.717) is 6.42 Å². The fourth-order valence-corrected chi connectivity index (χ4v) is 5.55. The van der Waals surface area contributed by atoms with Gasteiger partial charge in [0.2, 0.25) is 0 Å². The molecule has 0 bridgehead atoms. The van der Waals surface area contributed by atoms with Crippen molar-refractivity contribution < 1.29 is 8.78 Å². The fraction of sp³-hybridized carbons (Fsp3) is 0.692. The normalized spacial score (nSPS) is 28.6. The third-order valence-electron chi connectivity index (χ3n) is 7.39. The molecule has 0 N–H and O–H groups in total. The van der Waals surface area contributed by atoms with Crippen LogP contribution in [0, 0.1) is 29.5 Å². The van der Waals surface area contributed by atoms with Gasteiger partial charge in [0.05, 0.1) is 6.67 Å². The molecule has 0 nitrogen and oxygen atoms in total. The van der Waals surface area contributed by atoms with Gasteiger partial charge < -0.3 is 0 Å². The molecular formula is C26H38F2. The van der Waals surface area contributed by atoms with Crippen molar-refractivity contribution >= 4 is 0 Å². The molecule has 0 amide bonds. The maximum absolute atomic E-state index is 13.0. The van der Waals surface area contributed by atoms with Crippen LogP contribution >= 0.6 is 0 Å². The van der Waals surface area contributed by atoms with Gasteiger partial charge in [0.15, 0.2) is 0 Å². The fourth-order valence-electron chi connectivity index (χ4n) is 5.55. The second kappa shape index (κ2) is 11.7. The highest BCUT2D eigenvalue weighted by molar-refractivity contribution is 5.16. The lowest BCUT2D eigenvalue weighted by atomic mass is 9.68. The predicted octanol–water partition coefficient (Wildman–Crippen LogP) is 8.07. The summed E-state index contributed by atoms with van der Waals surface area (Å²) >= 11 is 0. The SMILES string of the molecule is FCC/C=C/CCC1CCC(C2CCC(CCc3ccc(F)cc3)CC2)CC1. The molecule has 1 aromatic rings. The number of rotatable bonds is 9. The molecule has 0 aromatic heterocycles. The number of hydrogen-bond acceptors (Lipinski definition) is 0. The van der Waals surface area contributed by atoms with Crippen LogP contribution in [0.1, 0.15) is 82.6 Å². The highest BCUT2D eigenvalue weighted by Crippen LogP contribution is 2.43. The number of benzene rings is 1. The maximum atomic E-state index is 13.0. The van der Waals surface area contributed by atoms with E-state index < -0.39 is 0 Å². The minimum absolute atomic E-state index is 0.132. The minimum Gasteiger partial charge on any atom is -0.251 e. The number of aryl methyl sites for hydroxylation is 1. The molecule has 2 aliphatic rings. The van der Waals surface area contributed by atoms with Crippen molar-refractivity contribution in [3.63, 3.8) is 0 Å². The third-order valence-corrected chi connectivity index (χ3v) is 7.39. The predicted molar refractivity (Wildman–Crippen MR) is 115 cm³/mol. The van der Waals surface area contributed by atoms with E-state index in [9.17, 15) is 8.78 Å². The van der Waals surface area contributed by atoms with Crippen molar-refractivity contribution in [1.29, 1.82) is 0 Å². The van der Waals surface area contributed by atoms with Crippen molar-refractivity contribution in [2.75, 3.05) is 6.67 Å². The van der Waals surface area contributed by atoms with Gasteiger partial charge in [-0.25, -0.2) is 4.39 Å². The van der Waals surface area contributed by atoms with Crippen molar-refractivity contribution in [2.45, 2.75) is 83.5 Å². The topological polar surface area (TPSA) is 0 Å². The Morgan fingerprint density at radius 3 is 1.82 bits per heavy atom. The number of alkyl halides is 1. The number of hydrogen-bond donors (Lipinski definition) is 0. The lowest BCUT2D eigenvalue weighted by Gasteiger charge is -2.38. The van der Waals surface area contributed by atoms with E-state index in [1.807, 2.05) is 18.2 Å². The van der Waals surface area contributed by atoms with E-state index in [2.05, 4.69) is 6.08 Å². The first-order valence-electron chi connectivity index (χ1n) is 11.7. The standard InChI is InChI=1S/C26H38F2/c27-20-4-2-1-3-5-21-8-14-24(15-9-21)25-16-10-22(11-17-25)6-7-23-12-18-26(28)19-13-23/h1-2,12-13,18-19,21-22,24-25H,3-11,14-17,20H2/b2-1+. The van der Waals surface area contributed by atoms with Crippen molar-refractivity contribution in [1.82, 2.24) is 0 Å². The third kappa shape index (κ3) is 7.01. The summed E-state index contributed by atoms with van der Waals surface area (Å²) in [5.41, 5.74) is 1.28. The summed E-state index contributed by atoms with van der Waals surface area (Å²) in [7, 11) is 0. The molecule has 1 aromatic carbocycles. The molecular weight excluding hydrogens is 350 g/mol. The van der Waals surface area contributed by atoms with Crippen LogP contribution in [0.2, 0.25) is 0 Å². The quantitative estimate of drug-likeness (QED) is 0.375. The Hall–Kier alpha value is -1.18. The molecule has 0 heterocycles. The van der Waals surface area contributed by atoms with Crippen LogP contribution < -0.4 is 0 Å². The van der Waals surface area contributed by atoms with E-state index in [4.69, 9.17) is 0 Å². The van der Waals surface area contributed by atoms with Crippen LogP contribution in [-0.4, -0.2) is 6.67 Å². The van der Waals surface area contributed by atoms with E-state index in [0.717, 1.165) is 36.5 Å². The molecule has 156 valence electrons. The van der Waals surface area contributed by atoms with Gasteiger partial charge >= 0.3 is 0 Å². The van der Waals surface area contributed by atoms with Gasteiger partial charge in [0.1, 0.15) is 5.82 Å². The minimum atomic E-state index is -0.226. The van der Waals surface area contributed by atoms with E-state index in [1.54, 1.807) is 12.1 Å². The van der Waals surface area contributed by atoms with Crippen LogP contribution in [0.25, 0.3) is 0 Å². The molecule has 0 spiro atoms. The van der Waals surface area contributed by atoms with Crippen molar-refractivity contribution in [3.05, 3.63) is 47.8 Å². The van der Waals surface area contributed by atoms with Gasteiger partial charge in [-0.3, -0.25) is 4.39 Å². The van der Waals surface area contributed by atoms with Crippen molar-refractivity contribution in [2.24, 2.45) is 23.7 Å². The van der Waals surface area contributed by atoms with Crippen LogP contribution in [0.5, 0.6) is 0 Å². The Labute approximate surface area is 170 Å². The molecule has 2 aliphatic carbocycles. The van der Waals surface area contributed by atoms with Gasteiger partial charge in [0.25, 0.3) is 0 Å². The zero-order valence-corrected chi connectivity index (χ0v) is 17.4. The van der Waals surface area contributed by atoms with Crippen LogP contribution in [-0.2, 0) is 6.42 Å². The lowest BCUT2D eigenvalue weighted by molar-refractivity contribution is 0.141. The molecule has 28 heavy (non-hydrogen) atoms. The van der Waals surface area contributed by atoms with Gasteiger partial charge in [-0.2, -0.15) is 0 Å².